The SMILES string of the molecule is CCOC(=O)Cc1cccc(C)c1.CCOC(=O)Cc1cccc(NC(=O)c2ccc(Br)o2)c1.COc1ccc(-c2ccc(C(=O)Nc3cccc(CC(=O)O)c3)o2)cc1.COc1ccc(B(O)O)cc1.O=C(O)c1ccc(Br)o1. The number of benzene rings is 5. The fraction of sp³-hybridized carbons (Fsp3) is 0.172. The summed E-state index contributed by atoms with van der Waals surface area (Å²) in [5.74, 6) is -0.870. The van der Waals surface area contributed by atoms with Gasteiger partial charge >= 0.3 is 31.0 Å². The van der Waals surface area contributed by atoms with Crippen molar-refractivity contribution in [1.82, 2.24) is 0 Å². The van der Waals surface area contributed by atoms with Gasteiger partial charge in [-0.25, -0.2) is 4.79 Å². The number of carboxylic acids is 2. The minimum atomic E-state index is -1.40. The molecule has 6 N–H and O–H groups in total. The first-order valence-corrected chi connectivity index (χ1v) is 25.8. The van der Waals surface area contributed by atoms with Gasteiger partial charge in [-0.1, -0.05) is 66.2 Å². The Morgan fingerprint density at radius 1 is 0.525 bits per heavy atom. The molecule has 22 heteroatoms. The molecule has 0 aliphatic carbocycles. The molecule has 0 atom stereocenters. The molecule has 3 heterocycles. The summed E-state index contributed by atoms with van der Waals surface area (Å²) in [6, 6.07) is 44.9. The molecule has 2 amide bonds. The third-order valence-electron chi connectivity index (χ3n) is 10.3. The summed E-state index contributed by atoms with van der Waals surface area (Å²) < 4.78 is 36.1. The van der Waals surface area contributed by atoms with Crippen LogP contribution in [0.15, 0.2) is 180 Å². The van der Waals surface area contributed by atoms with Gasteiger partial charge in [-0.15, -0.1) is 0 Å². The maximum atomic E-state index is 12.4. The number of esters is 2. The van der Waals surface area contributed by atoms with Crippen LogP contribution in [0.1, 0.15) is 67.8 Å². The fourth-order valence-corrected chi connectivity index (χ4v) is 7.28. The molecule has 0 spiro atoms. The first-order valence-electron chi connectivity index (χ1n) is 24.2. The van der Waals surface area contributed by atoms with Gasteiger partial charge in [0.05, 0.1) is 46.7 Å². The molecule has 8 aromatic rings. The predicted octanol–water partition coefficient (Wildman–Crippen LogP) is 10.5. The Morgan fingerprint density at radius 3 is 1.38 bits per heavy atom. The average molecular weight is 1220 g/mol. The maximum Gasteiger partial charge on any atom is 0.488 e. The summed E-state index contributed by atoms with van der Waals surface area (Å²) in [5.41, 5.74) is 5.95. The molecule has 5 aromatic carbocycles. The average Bonchev–Trinajstić information content (AvgIpc) is 4.22. The highest BCUT2D eigenvalue weighted by Gasteiger charge is 2.15. The number of carbonyl (C=O) groups excluding carboxylic acids is 4. The lowest BCUT2D eigenvalue weighted by Gasteiger charge is -2.06. The molecule has 0 bridgehead atoms. The molecule has 0 aliphatic rings. The van der Waals surface area contributed by atoms with Crippen LogP contribution >= 0.6 is 31.9 Å². The van der Waals surface area contributed by atoms with Crippen molar-refractivity contribution in [3.8, 4) is 22.8 Å². The smallest absolute Gasteiger partial charge is 0.488 e. The zero-order valence-corrected chi connectivity index (χ0v) is 47.1. The summed E-state index contributed by atoms with van der Waals surface area (Å²) in [6.07, 6.45) is 0.436. The first kappa shape index (κ1) is 63.8. The monoisotopic (exact) mass is 1220 g/mol. The minimum absolute atomic E-state index is 0.0538. The van der Waals surface area contributed by atoms with Crippen molar-refractivity contribution >= 4 is 91.5 Å². The van der Waals surface area contributed by atoms with Crippen LogP contribution in [0, 0.1) is 6.92 Å². The number of hydrogen-bond donors (Lipinski definition) is 6. The van der Waals surface area contributed by atoms with Gasteiger partial charge in [-0.2, -0.15) is 0 Å². The van der Waals surface area contributed by atoms with E-state index in [0.717, 1.165) is 22.4 Å². The van der Waals surface area contributed by atoms with E-state index in [0.29, 0.717) is 62.9 Å². The third-order valence-corrected chi connectivity index (χ3v) is 11.2. The quantitative estimate of drug-likeness (QED) is 0.0365. The van der Waals surface area contributed by atoms with Crippen molar-refractivity contribution in [1.29, 1.82) is 0 Å². The van der Waals surface area contributed by atoms with E-state index >= 15 is 0 Å². The van der Waals surface area contributed by atoms with E-state index in [1.807, 2.05) is 62.4 Å². The summed E-state index contributed by atoms with van der Waals surface area (Å²) in [4.78, 5) is 67.7. The number of aromatic carboxylic acids is 1. The van der Waals surface area contributed by atoms with Crippen LogP contribution in [0.5, 0.6) is 11.5 Å². The number of aryl methyl sites for hydroxylation is 1. The van der Waals surface area contributed by atoms with Crippen molar-refractivity contribution in [2.45, 2.75) is 40.0 Å². The van der Waals surface area contributed by atoms with Crippen LogP contribution in [0.3, 0.4) is 0 Å². The van der Waals surface area contributed by atoms with Crippen LogP contribution in [0.25, 0.3) is 11.3 Å². The highest BCUT2D eigenvalue weighted by atomic mass is 79.9. The van der Waals surface area contributed by atoms with E-state index in [4.69, 9.17) is 48.0 Å². The molecule has 0 radical (unpaired) electrons. The standard InChI is InChI=1S/C20H17NO5.C15H14BrNO4.C11H14O2.C7H9BO3.C5H3BrO3/c1-25-16-7-5-14(6-8-16)17-9-10-18(26-17)20(24)21-15-4-2-3-13(11-15)12-19(22)23;1-2-20-14(18)9-10-4-3-5-11(8-10)17-15(19)12-6-7-13(16)21-12;1-3-13-11(12)8-10-6-4-5-9(2)7-10;1-11-7-4-2-6(3-5-7)8(9)10;6-4-2-1-3(9-4)5(7)8/h2-11H,12H2,1H3,(H,21,24)(H,22,23);3-8H,2,9H2,1H3,(H,17,19);4-7H,3,8H2,1-2H3;2-5,9-10H,1H3;1-2H,(H,7,8). The maximum absolute atomic E-state index is 12.4. The number of aliphatic carboxylic acids is 1. The fourth-order valence-electron chi connectivity index (χ4n) is 6.67. The van der Waals surface area contributed by atoms with Gasteiger partial charge in [0.2, 0.25) is 5.76 Å². The molecule has 0 aliphatic heterocycles. The number of carboxylic acid groups (broad SMARTS) is 2. The van der Waals surface area contributed by atoms with Crippen LogP contribution in [0.4, 0.5) is 11.4 Å². The largest absolute Gasteiger partial charge is 0.497 e. The lowest BCUT2D eigenvalue weighted by Crippen LogP contribution is -2.29. The molecular formula is C58H57BBr2N2O17. The molecule has 0 saturated heterocycles. The van der Waals surface area contributed by atoms with Crippen molar-refractivity contribution < 1.29 is 81.2 Å². The Labute approximate surface area is 477 Å². The topological polar surface area (TPSA) is 284 Å². The number of furan rings is 3. The zero-order chi connectivity index (χ0) is 58.6. The molecule has 3 aromatic heterocycles. The second-order valence-corrected chi connectivity index (χ2v) is 17.9. The number of amides is 2. The number of ether oxygens (including phenoxy) is 4. The number of hydrogen-bond acceptors (Lipinski definition) is 15. The summed E-state index contributed by atoms with van der Waals surface area (Å²) in [7, 11) is 1.75. The van der Waals surface area contributed by atoms with Crippen molar-refractivity contribution in [2.24, 2.45) is 0 Å². The Kier molecular flexibility index (Phi) is 26.8. The minimum Gasteiger partial charge on any atom is -0.497 e. The van der Waals surface area contributed by atoms with Crippen LogP contribution in [-0.2, 0) is 43.1 Å². The second kappa shape index (κ2) is 33.6. The number of nitrogens with one attached hydrogen (secondary N) is 2. The highest BCUT2D eigenvalue weighted by molar-refractivity contribution is 9.10. The van der Waals surface area contributed by atoms with E-state index in [1.54, 1.807) is 118 Å². The molecule has 80 heavy (non-hydrogen) atoms. The van der Waals surface area contributed by atoms with Crippen LogP contribution in [0.2, 0.25) is 0 Å². The van der Waals surface area contributed by atoms with Gasteiger partial charge in [0, 0.05) is 16.9 Å². The van der Waals surface area contributed by atoms with Gasteiger partial charge in [0.15, 0.2) is 20.9 Å². The molecule has 0 fully saturated rings. The van der Waals surface area contributed by atoms with Gasteiger partial charge in [0.1, 0.15) is 17.3 Å². The summed E-state index contributed by atoms with van der Waals surface area (Å²) in [5, 5.41) is 40.0. The first-order chi connectivity index (χ1) is 38.3. The van der Waals surface area contributed by atoms with E-state index in [9.17, 15) is 28.8 Å². The van der Waals surface area contributed by atoms with Crippen molar-refractivity contribution in [3.63, 3.8) is 0 Å². The molecular weight excluding hydrogens is 1170 g/mol. The number of rotatable bonds is 17. The number of carbonyl (C=O) groups is 6. The lowest BCUT2D eigenvalue weighted by molar-refractivity contribution is -0.143. The van der Waals surface area contributed by atoms with Crippen molar-refractivity contribution in [2.75, 3.05) is 38.1 Å². The van der Waals surface area contributed by atoms with Gasteiger partial charge in [-0.3, -0.25) is 24.0 Å². The molecule has 0 saturated carbocycles. The Morgan fingerprint density at radius 2 is 0.963 bits per heavy atom. The third kappa shape index (κ3) is 23.1. The Balaban J connectivity index is 0.000000228. The summed E-state index contributed by atoms with van der Waals surface area (Å²) in [6.45, 7) is 6.38. The van der Waals surface area contributed by atoms with E-state index in [2.05, 4.69) is 46.9 Å². The zero-order valence-electron chi connectivity index (χ0n) is 44.0. The van der Waals surface area contributed by atoms with Gasteiger partial charge in [0.25, 0.3) is 11.8 Å². The van der Waals surface area contributed by atoms with Crippen LogP contribution in [-0.4, -0.2) is 90.5 Å². The number of methoxy groups -OCH3 is 2. The summed E-state index contributed by atoms with van der Waals surface area (Å²) >= 11 is 6.11. The van der Waals surface area contributed by atoms with Crippen LogP contribution < -0.4 is 25.6 Å². The second-order valence-electron chi connectivity index (χ2n) is 16.4. The van der Waals surface area contributed by atoms with Crippen molar-refractivity contribution in [3.05, 3.63) is 207 Å². The number of halogens is 2. The molecule has 8 rings (SSSR count). The van der Waals surface area contributed by atoms with E-state index in [1.165, 1.54) is 17.7 Å². The normalized spacial score (nSPS) is 9.96. The highest BCUT2D eigenvalue weighted by Crippen LogP contribution is 2.25. The van der Waals surface area contributed by atoms with E-state index in [-0.39, 0.29) is 48.0 Å². The van der Waals surface area contributed by atoms with Gasteiger partial charge in [-0.05, 0) is 172 Å². The van der Waals surface area contributed by atoms with E-state index < -0.39 is 25.0 Å². The molecule has 0 unspecified atom stereocenters. The molecule has 19 nitrogen and oxygen atoms in total. The molecule has 418 valence electrons. The van der Waals surface area contributed by atoms with Gasteiger partial charge < -0.3 is 63.1 Å². The number of anilines is 2. The Hall–Kier alpha value is -8.70. The Bertz CT molecular complexity index is 3260. The lowest BCUT2D eigenvalue weighted by atomic mass is 9.80. The predicted molar refractivity (Wildman–Crippen MR) is 305 cm³/mol.